The highest BCUT2D eigenvalue weighted by molar-refractivity contribution is 6.57. The zero-order valence-electron chi connectivity index (χ0n) is 8.59. The van der Waals surface area contributed by atoms with Gasteiger partial charge >= 0.3 is 6.98 Å². The molecule has 0 saturated carbocycles. The maximum absolute atomic E-state index is 4.39. The van der Waals surface area contributed by atoms with Crippen molar-refractivity contribution in [1.29, 1.82) is 0 Å². The van der Waals surface area contributed by atoms with E-state index in [1.165, 1.54) is 0 Å². The van der Waals surface area contributed by atoms with Crippen LogP contribution in [0.15, 0.2) is 54.1 Å². The third kappa shape index (κ3) is 1.48. The summed E-state index contributed by atoms with van der Waals surface area (Å²) in [5.74, 6) is 0.0554. The molecule has 3 heterocycles. The molecule has 0 bridgehead atoms. The van der Waals surface area contributed by atoms with Crippen molar-refractivity contribution in [1.82, 2.24) is 19.4 Å². The Morgan fingerprint density at radius 2 is 1.69 bits per heavy atom. The predicted molar refractivity (Wildman–Crippen MR) is 62.4 cm³/mol. The molecule has 3 rings (SSSR count). The number of hydrogen-bond acceptors (Lipinski definition) is 3. The van der Waals surface area contributed by atoms with E-state index in [1.54, 1.807) is 12.4 Å². The maximum atomic E-state index is 4.39. The quantitative estimate of drug-likeness (QED) is 0.694. The Morgan fingerprint density at radius 3 is 2.12 bits per heavy atom. The minimum atomic E-state index is -0.0278. The Labute approximate surface area is 93.2 Å². The average Bonchev–Trinajstić information content (AvgIpc) is 3.02. The molecule has 1 unspecified atom stereocenters. The SMILES string of the molecule is C1=CC(B(n2cccn2)n2cccn2)N=C1. The van der Waals surface area contributed by atoms with Gasteiger partial charge in [0.25, 0.3) is 0 Å². The first kappa shape index (κ1) is 9.14. The molecule has 0 aromatic carbocycles. The molecule has 2 aromatic heterocycles. The Morgan fingerprint density at radius 1 is 1.00 bits per heavy atom. The van der Waals surface area contributed by atoms with Crippen LogP contribution in [0.25, 0.3) is 0 Å². The fraction of sp³-hybridized carbons (Fsp3) is 0.100. The van der Waals surface area contributed by atoms with Crippen molar-refractivity contribution in [3.05, 3.63) is 49.1 Å². The molecule has 0 spiro atoms. The molecule has 1 aliphatic heterocycles. The normalized spacial score (nSPS) is 18.1. The summed E-state index contributed by atoms with van der Waals surface area (Å²) < 4.78 is 3.73. The summed E-state index contributed by atoms with van der Waals surface area (Å²) in [6, 6.07) is 3.80. The number of nitrogens with zero attached hydrogens (tertiary/aromatic N) is 5. The van der Waals surface area contributed by atoms with Crippen LogP contribution >= 0.6 is 0 Å². The van der Waals surface area contributed by atoms with Crippen molar-refractivity contribution in [2.45, 2.75) is 5.94 Å². The topological polar surface area (TPSA) is 48.0 Å². The average molecular weight is 211 g/mol. The second kappa shape index (κ2) is 3.81. The Balaban J connectivity index is 2.01. The van der Waals surface area contributed by atoms with Gasteiger partial charge in [-0.05, 0) is 18.2 Å². The molecule has 0 fully saturated rings. The van der Waals surface area contributed by atoms with E-state index in [2.05, 4.69) is 15.2 Å². The monoisotopic (exact) mass is 211 g/mol. The third-order valence-corrected chi connectivity index (χ3v) is 2.55. The van der Waals surface area contributed by atoms with Crippen LogP contribution in [0, 0.1) is 0 Å². The standard InChI is InChI=1S/C10H10BN5/c1-4-10(12-5-1)11(15-8-2-6-13-15)16-9-3-7-14-16/h1-10H. The molecule has 6 heteroatoms. The van der Waals surface area contributed by atoms with Crippen LogP contribution < -0.4 is 0 Å². The molecule has 0 amide bonds. The molecular formula is C10H10BN5. The van der Waals surface area contributed by atoms with Crippen molar-refractivity contribution in [2.24, 2.45) is 4.99 Å². The first-order valence-corrected chi connectivity index (χ1v) is 5.13. The zero-order chi connectivity index (χ0) is 10.8. The highest BCUT2D eigenvalue weighted by atomic mass is 15.3. The van der Waals surface area contributed by atoms with E-state index in [1.807, 2.05) is 52.1 Å². The molecule has 5 nitrogen and oxygen atoms in total. The highest BCUT2D eigenvalue weighted by Crippen LogP contribution is 2.08. The second-order valence-corrected chi connectivity index (χ2v) is 3.56. The minimum Gasteiger partial charge on any atom is -0.289 e. The van der Waals surface area contributed by atoms with Gasteiger partial charge in [0.15, 0.2) is 0 Å². The summed E-state index contributed by atoms with van der Waals surface area (Å²) >= 11 is 0. The molecule has 2 aromatic rings. The molecule has 1 aliphatic rings. The van der Waals surface area contributed by atoms with E-state index >= 15 is 0 Å². The number of aromatic nitrogens is 4. The van der Waals surface area contributed by atoms with Gasteiger partial charge in [0.1, 0.15) is 0 Å². The van der Waals surface area contributed by atoms with Crippen molar-refractivity contribution < 1.29 is 0 Å². The van der Waals surface area contributed by atoms with Crippen molar-refractivity contribution >= 4 is 13.2 Å². The van der Waals surface area contributed by atoms with Gasteiger partial charge < -0.3 is 0 Å². The molecule has 0 aliphatic carbocycles. The predicted octanol–water partition coefficient (Wildman–Crippen LogP) is 0.513. The lowest BCUT2D eigenvalue weighted by Gasteiger charge is -2.16. The van der Waals surface area contributed by atoms with Gasteiger partial charge in [0.2, 0.25) is 0 Å². The van der Waals surface area contributed by atoms with Crippen LogP contribution in [0.5, 0.6) is 0 Å². The number of rotatable bonds is 3. The molecule has 0 saturated heterocycles. The summed E-state index contributed by atoms with van der Waals surface area (Å²) in [5.41, 5.74) is 0. The lowest BCUT2D eigenvalue weighted by Crippen LogP contribution is -2.43. The van der Waals surface area contributed by atoms with Crippen molar-refractivity contribution in [3.63, 3.8) is 0 Å². The van der Waals surface area contributed by atoms with Gasteiger partial charge in [0, 0.05) is 31.0 Å². The smallest absolute Gasteiger partial charge is 0.289 e. The van der Waals surface area contributed by atoms with E-state index < -0.39 is 0 Å². The Kier molecular flexibility index (Phi) is 2.18. The van der Waals surface area contributed by atoms with Gasteiger partial charge in [-0.2, -0.15) is 10.2 Å². The van der Waals surface area contributed by atoms with Crippen LogP contribution in [-0.2, 0) is 0 Å². The summed E-state index contributed by atoms with van der Waals surface area (Å²) in [6.07, 6.45) is 13.2. The first-order chi connectivity index (χ1) is 7.95. The third-order valence-electron chi connectivity index (χ3n) is 2.55. The fourth-order valence-corrected chi connectivity index (χ4v) is 1.85. The van der Waals surface area contributed by atoms with Crippen molar-refractivity contribution in [2.75, 3.05) is 0 Å². The summed E-state index contributed by atoms with van der Waals surface area (Å²) in [7, 11) is 0. The Hall–Kier alpha value is -2.11. The van der Waals surface area contributed by atoms with E-state index in [9.17, 15) is 0 Å². The summed E-state index contributed by atoms with van der Waals surface area (Å²) in [5, 5.41) is 8.53. The second-order valence-electron chi connectivity index (χ2n) is 3.56. The lowest BCUT2D eigenvalue weighted by molar-refractivity contribution is 0.816. The van der Waals surface area contributed by atoms with E-state index in [4.69, 9.17) is 0 Å². The van der Waals surface area contributed by atoms with Gasteiger partial charge in [0.05, 0.1) is 5.94 Å². The molecule has 1 atom stereocenters. The summed E-state index contributed by atoms with van der Waals surface area (Å²) in [4.78, 5) is 4.39. The largest absolute Gasteiger partial charge is 0.447 e. The number of hydrogen-bond donors (Lipinski definition) is 0. The molecule has 0 radical (unpaired) electrons. The summed E-state index contributed by atoms with van der Waals surface area (Å²) in [6.45, 7) is -0.0278. The van der Waals surface area contributed by atoms with Crippen LogP contribution in [0.2, 0.25) is 0 Å². The molecule has 16 heavy (non-hydrogen) atoms. The Bertz CT molecular complexity index is 453. The van der Waals surface area contributed by atoms with Gasteiger partial charge in [-0.15, -0.1) is 0 Å². The molecular weight excluding hydrogens is 201 g/mol. The highest BCUT2D eigenvalue weighted by Gasteiger charge is 2.31. The van der Waals surface area contributed by atoms with Gasteiger partial charge in [-0.1, -0.05) is 6.08 Å². The fourth-order valence-electron chi connectivity index (χ4n) is 1.85. The van der Waals surface area contributed by atoms with Crippen LogP contribution in [0.1, 0.15) is 0 Å². The van der Waals surface area contributed by atoms with E-state index in [-0.39, 0.29) is 12.9 Å². The molecule has 78 valence electrons. The molecule has 0 N–H and O–H groups in total. The number of allylic oxidation sites excluding steroid dienone is 1. The van der Waals surface area contributed by atoms with Crippen molar-refractivity contribution in [3.8, 4) is 0 Å². The van der Waals surface area contributed by atoms with Crippen LogP contribution in [0.3, 0.4) is 0 Å². The van der Waals surface area contributed by atoms with Crippen LogP contribution in [-0.4, -0.2) is 38.5 Å². The minimum absolute atomic E-state index is 0.0278. The van der Waals surface area contributed by atoms with Gasteiger partial charge in [-0.3, -0.25) is 14.2 Å². The lowest BCUT2D eigenvalue weighted by atomic mass is 9.68. The maximum Gasteiger partial charge on any atom is 0.447 e. The van der Waals surface area contributed by atoms with E-state index in [0.717, 1.165) is 0 Å². The van der Waals surface area contributed by atoms with Gasteiger partial charge in [-0.25, -0.2) is 0 Å². The van der Waals surface area contributed by atoms with E-state index in [0.29, 0.717) is 0 Å². The number of aliphatic imine (C=N–C) groups is 1. The first-order valence-electron chi connectivity index (χ1n) is 5.13. The zero-order valence-corrected chi connectivity index (χ0v) is 8.59. The van der Waals surface area contributed by atoms with Crippen LogP contribution in [0.4, 0.5) is 0 Å².